The van der Waals surface area contributed by atoms with Gasteiger partial charge >= 0.3 is 0 Å². The molecule has 1 aliphatic carbocycles. The normalized spacial score (nSPS) is 18.3. The standard InChI is InChI=1S/C15H25N3/c1-4-16-15(13-9-7-5-6-8-10-13)14-11-17-18(3)12(14)2/h9,11,15-16H,4-8,10H2,1-3H3. The summed E-state index contributed by atoms with van der Waals surface area (Å²) in [4.78, 5) is 0. The average Bonchev–Trinajstić information content (AvgIpc) is 2.62. The molecule has 0 aromatic carbocycles. The molecule has 0 fully saturated rings. The molecular weight excluding hydrogens is 222 g/mol. The topological polar surface area (TPSA) is 29.9 Å². The van der Waals surface area contributed by atoms with Gasteiger partial charge in [0.25, 0.3) is 0 Å². The smallest absolute Gasteiger partial charge is 0.0569 e. The maximum Gasteiger partial charge on any atom is 0.0569 e. The third-order valence-electron chi connectivity index (χ3n) is 3.94. The average molecular weight is 247 g/mol. The van der Waals surface area contributed by atoms with Gasteiger partial charge in [-0.05, 0) is 39.2 Å². The van der Waals surface area contributed by atoms with Crippen LogP contribution in [0.2, 0.25) is 0 Å². The fraction of sp³-hybridized carbons (Fsp3) is 0.667. The summed E-state index contributed by atoms with van der Waals surface area (Å²) in [5.74, 6) is 0. The Balaban J connectivity index is 2.27. The van der Waals surface area contributed by atoms with Gasteiger partial charge in [0, 0.05) is 18.3 Å². The van der Waals surface area contributed by atoms with E-state index in [1.165, 1.54) is 43.4 Å². The van der Waals surface area contributed by atoms with Gasteiger partial charge in [0.2, 0.25) is 0 Å². The van der Waals surface area contributed by atoms with Crippen LogP contribution in [0.4, 0.5) is 0 Å². The van der Waals surface area contributed by atoms with Gasteiger partial charge in [0.05, 0.1) is 12.2 Å². The monoisotopic (exact) mass is 247 g/mol. The Bertz CT molecular complexity index is 417. The van der Waals surface area contributed by atoms with Crippen molar-refractivity contribution in [3.63, 3.8) is 0 Å². The molecule has 1 aliphatic rings. The maximum absolute atomic E-state index is 4.39. The highest BCUT2D eigenvalue weighted by molar-refractivity contribution is 5.30. The highest BCUT2D eigenvalue weighted by Crippen LogP contribution is 2.30. The minimum atomic E-state index is 0.363. The molecule has 1 heterocycles. The summed E-state index contributed by atoms with van der Waals surface area (Å²) in [5.41, 5.74) is 4.17. The number of likely N-dealkylation sites (N-methyl/N-ethyl adjacent to an activating group) is 1. The van der Waals surface area contributed by atoms with Crippen LogP contribution in [-0.2, 0) is 7.05 Å². The Morgan fingerprint density at radius 2 is 2.22 bits per heavy atom. The maximum atomic E-state index is 4.39. The highest BCUT2D eigenvalue weighted by Gasteiger charge is 2.20. The largest absolute Gasteiger partial charge is 0.307 e. The minimum Gasteiger partial charge on any atom is -0.307 e. The fourth-order valence-electron chi connectivity index (χ4n) is 2.75. The van der Waals surface area contributed by atoms with Crippen molar-refractivity contribution >= 4 is 0 Å². The summed E-state index contributed by atoms with van der Waals surface area (Å²) < 4.78 is 1.97. The molecule has 18 heavy (non-hydrogen) atoms. The molecule has 100 valence electrons. The van der Waals surface area contributed by atoms with E-state index in [1.807, 2.05) is 17.9 Å². The number of nitrogens with zero attached hydrogens (tertiary/aromatic N) is 2. The van der Waals surface area contributed by atoms with Crippen LogP contribution in [0.15, 0.2) is 17.8 Å². The number of rotatable bonds is 4. The second kappa shape index (κ2) is 6.19. The van der Waals surface area contributed by atoms with E-state index in [0.29, 0.717) is 6.04 Å². The molecule has 1 unspecified atom stereocenters. The van der Waals surface area contributed by atoms with Crippen molar-refractivity contribution in [3.8, 4) is 0 Å². The van der Waals surface area contributed by atoms with Crippen LogP contribution in [-0.4, -0.2) is 16.3 Å². The molecule has 0 spiro atoms. The highest BCUT2D eigenvalue weighted by atomic mass is 15.3. The van der Waals surface area contributed by atoms with Crippen molar-refractivity contribution in [2.24, 2.45) is 7.05 Å². The second-order valence-corrected chi connectivity index (χ2v) is 5.18. The molecule has 0 aliphatic heterocycles. The zero-order chi connectivity index (χ0) is 13.0. The van der Waals surface area contributed by atoms with E-state index in [-0.39, 0.29) is 0 Å². The Kier molecular flexibility index (Phi) is 4.59. The predicted molar refractivity (Wildman–Crippen MR) is 75.5 cm³/mol. The van der Waals surface area contributed by atoms with Gasteiger partial charge in [-0.1, -0.05) is 25.0 Å². The van der Waals surface area contributed by atoms with E-state index >= 15 is 0 Å². The molecule has 1 atom stereocenters. The predicted octanol–water partition coefficient (Wildman–Crippen LogP) is 3.27. The number of aryl methyl sites for hydroxylation is 1. The van der Waals surface area contributed by atoms with Crippen LogP contribution >= 0.6 is 0 Å². The summed E-state index contributed by atoms with van der Waals surface area (Å²) in [5, 5.41) is 8.02. The van der Waals surface area contributed by atoms with Crippen LogP contribution < -0.4 is 5.32 Å². The third-order valence-corrected chi connectivity index (χ3v) is 3.94. The van der Waals surface area contributed by atoms with Crippen molar-refractivity contribution in [2.75, 3.05) is 6.54 Å². The summed E-state index contributed by atoms with van der Waals surface area (Å²) >= 11 is 0. The number of hydrogen-bond donors (Lipinski definition) is 1. The Morgan fingerprint density at radius 3 is 2.89 bits per heavy atom. The van der Waals surface area contributed by atoms with Crippen molar-refractivity contribution in [3.05, 3.63) is 29.1 Å². The quantitative estimate of drug-likeness (QED) is 0.828. The van der Waals surface area contributed by atoms with Crippen LogP contribution in [0.3, 0.4) is 0 Å². The SMILES string of the molecule is CCNC(C1=CCCCCC1)c1cnn(C)c1C. The van der Waals surface area contributed by atoms with Gasteiger partial charge in [0.15, 0.2) is 0 Å². The van der Waals surface area contributed by atoms with E-state index in [2.05, 4.69) is 30.3 Å². The number of allylic oxidation sites excluding steroid dienone is 1. The van der Waals surface area contributed by atoms with Gasteiger partial charge in [0.1, 0.15) is 0 Å². The van der Waals surface area contributed by atoms with Crippen LogP contribution in [0.5, 0.6) is 0 Å². The molecule has 3 heteroatoms. The zero-order valence-corrected chi connectivity index (χ0v) is 11.9. The lowest BCUT2D eigenvalue weighted by Gasteiger charge is -2.21. The van der Waals surface area contributed by atoms with Gasteiger partial charge in [-0.2, -0.15) is 5.10 Å². The van der Waals surface area contributed by atoms with E-state index in [4.69, 9.17) is 0 Å². The van der Waals surface area contributed by atoms with Crippen molar-refractivity contribution in [2.45, 2.75) is 52.0 Å². The summed E-state index contributed by atoms with van der Waals surface area (Å²) in [6, 6.07) is 0.363. The third kappa shape index (κ3) is 2.83. The van der Waals surface area contributed by atoms with Gasteiger partial charge in [-0.3, -0.25) is 4.68 Å². The first-order valence-corrected chi connectivity index (χ1v) is 7.14. The molecule has 0 saturated heterocycles. The molecule has 3 nitrogen and oxygen atoms in total. The van der Waals surface area contributed by atoms with Crippen LogP contribution in [0.1, 0.15) is 56.3 Å². The van der Waals surface area contributed by atoms with Crippen LogP contribution in [0, 0.1) is 6.92 Å². The van der Waals surface area contributed by atoms with E-state index in [0.717, 1.165) is 6.54 Å². The van der Waals surface area contributed by atoms with E-state index in [9.17, 15) is 0 Å². The summed E-state index contributed by atoms with van der Waals surface area (Å²) in [7, 11) is 2.02. The molecule has 0 saturated carbocycles. The zero-order valence-electron chi connectivity index (χ0n) is 11.9. The first-order chi connectivity index (χ1) is 8.74. The molecular formula is C15H25N3. The van der Waals surface area contributed by atoms with Crippen molar-refractivity contribution in [1.29, 1.82) is 0 Å². The fourth-order valence-corrected chi connectivity index (χ4v) is 2.75. The van der Waals surface area contributed by atoms with Crippen molar-refractivity contribution in [1.82, 2.24) is 15.1 Å². The van der Waals surface area contributed by atoms with Crippen molar-refractivity contribution < 1.29 is 0 Å². The van der Waals surface area contributed by atoms with Gasteiger partial charge < -0.3 is 5.32 Å². The molecule has 0 amide bonds. The minimum absolute atomic E-state index is 0.363. The number of aromatic nitrogens is 2. The number of hydrogen-bond acceptors (Lipinski definition) is 2. The molecule has 1 N–H and O–H groups in total. The second-order valence-electron chi connectivity index (χ2n) is 5.18. The summed E-state index contributed by atoms with van der Waals surface area (Å²) in [6.45, 7) is 5.33. The summed E-state index contributed by atoms with van der Waals surface area (Å²) in [6.07, 6.45) is 11.0. The molecule has 1 aromatic heterocycles. The Morgan fingerprint density at radius 1 is 1.39 bits per heavy atom. The first-order valence-electron chi connectivity index (χ1n) is 7.14. The number of nitrogens with one attached hydrogen (secondary N) is 1. The Labute approximate surface area is 110 Å². The molecule has 1 aromatic rings. The lowest BCUT2D eigenvalue weighted by molar-refractivity contribution is 0.585. The lowest BCUT2D eigenvalue weighted by atomic mass is 9.95. The van der Waals surface area contributed by atoms with Gasteiger partial charge in [-0.25, -0.2) is 0 Å². The molecule has 2 rings (SSSR count). The van der Waals surface area contributed by atoms with Crippen LogP contribution in [0.25, 0.3) is 0 Å². The van der Waals surface area contributed by atoms with E-state index in [1.54, 1.807) is 5.57 Å². The Hall–Kier alpha value is -1.09. The molecule has 0 bridgehead atoms. The van der Waals surface area contributed by atoms with Gasteiger partial charge in [-0.15, -0.1) is 0 Å². The van der Waals surface area contributed by atoms with E-state index < -0.39 is 0 Å². The first kappa shape index (κ1) is 13.3. The lowest BCUT2D eigenvalue weighted by Crippen LogP contribution is -2.23. The molecule has 0 radical (unpaired) electrons.